The number of hydrogen-bond donors (Lipinski definition) is 0. The van der Waals surface area contributed by atoms with Crippen molar-refractivity contribution in [1.82, 2.24) is 9.55 Å². The van der Waals surface area contributed by atoms with Gasteiger partial charge in [0, 0.05) is 25.5 Å². The fourth-order valence-electron chi connectivity index (χ4n) is 3.40. The zero-order valence-corrected chi connectivity index (χ0v) is 17.4. The summed E-state index contributed by atoms with van der Waals surface area (Å²) in [6.45, 7) is 0. The number of amides is 1. The maximum atomic E-state index is 13.4. The standard InChI is InChI=1S/C23H18FN5O3/c1-28-22(31)18(13-25)21(15-3-7-16(24)8-4-15)26-23(28)29-20(30)12-11-19(27-29)14-5-9-17(32-2)10-6-14/h3-10H,11-12H2,1-2H3. The van der Waals surface area contributed by atoms with Gasteiger partial charge in [0.25, 0.3) is 5.56 Å². The number of methoxy groups -OCH3 is 1. The van der Waals surface area contributed by atoms with Crippen molar-refractivity contribution >= 4 is 17.6 Å². The van der Waals surface area contributed by atoms with E-state index < -0.39 is 11.4 Å². The lowest BCUT2D eigenvalue weighted by molar-refractivity contribution is -0.118. The lowest BCUT2D eigenvalue weighted by Crippen LogP contribution is -2.37. The van der Waals surface area contributed by atoms with E-state index in [1.54, 1.807) is 19.2 Å². The number of hydrazone groups is 1. The Bertz CT molecular complexity index is 1320. The number of anilines is 1. The van der Waals surface area contributed by atoms with Gasteiger partial charge in [-0.15, -0.1) is 0 Å². The monoisotopic (exact) mass is 431 g/mol. The third-order valence-corrected chi connectivity index (χ3v) is 5.14. The van der Waals surface area contributed by atoms with Crippen LogP contribution in [-0.4, -0.2) is 28.3 Å². The molecule has 2 heterocycles. The van der Waals surface area contributed by atoms with Crippen molar-refractivity contribution in [3.8, 4) is 23.1 Å². The largest absolute Gasteiger partial charge is 0.497 e. The predicted molar refractivity (Wildman–Crippen MR) is 116 cm³/mol. The summed E-state index contributed by atoms with van der Waals surface area (Å²) in [4.78, 5) is 30.0. The van der Waals surface area contributed by atoms with Crippen LogP contribution in [0.5, 0.6) is 5.75 Å². The second-order valence-electron chi connectivity index (χ2n) is 7.10. The van der Waals surface area contributed by atoms with Crippen LogP contribution in [0.3, 0.4) is 0 Å². The molecule has 32 heavy (non-hydrogen) atoms. The molecular weight excluding hydrogens is 413 g/mol. The number of carbonyl (C=O) groups is 1. The Balaban J connectivity index is 1.85. The Morgan fingerprint density at radius 1 is 1.03 bits per heavy atom. The average Bonchev–Trinajstić information content (AvgIpc) is 2.82. The highest BCUT2D eigenvalue weighted by Gasteiger charge is 2.28. The van der Waals surface area contributed by atoms with Crippen molar-refractivity contribution in [1.29, 1.82) is 5.26 Å². The predicted octanol–water partition coefficient (Wildman–Crippen LogP) is 3.00. The Morgan fingerprint density at radius 3 is 2.31 bits per heavy atom. The smallest absolute Gasteiger partial charge is 0.273 e. The molecule has 0 bridgehead atoms. The van der Waals surface area contributed by atoms with E-state index in [1.807, 2.05) is 18.2 Å². The number of benzene rings is 2. The molecule has 160 valence electrons. The quantitative estimate of drug-likeness (QED) is 0.632. The number of rotatable bonds is 4. The number of ether oxygens (including phenoxy) is 1. The first-order valence-electron chi connectivity index (χ1n) is 9.75. The first-order valence-corrected chi connectivity index (χ1v) is 9.75. The Labute approximate surface area is 182 Å². The number of halogens is 1. The third-order valence-electron chi connectivity index (χ3n) is 5.14. The lowest BCUT2D eigenvalue weighted by atomic mass is 10.0. The summed E-state index contributed by atoms with van der Waals surface area (Å²) in [6, 6.07) is 14.4. The molecule has 3 aromatic rings. The van der Waals surface area contributed by atoms with Crippen LogP contribution in [-0.2, 0) is 11.8 Å². The highest BCUT2D eigenvalue weighted by Crippen LogP contribution is 2.26. The van der Waals surface area contributed by atoms with Crippen molar-refractivity contribution in [2.24, 2.45) is 12.1 Å². The number of hydrogen-bond acceptors (Lipinski definition) is 6. The van der Waals surface area contributed by atoms with Crippen LogP contribution in [0.15, 0.2) is 58.4 Å². The molecule has 0 spiro atoms. The van der Waals surface area contributed by atoms with Crippen molar-refractivity contribution in [2.45, 2.75) is 12.8 Å². The molecule has 1 aromatic heterocycles. The Kier molecular flexibility index (Phi) is 5.52. The molecule has 0 saturated heterocycles. The summed E-state index contributed by atoms with van der Waals surface area (Å²) in [5.41, 5.74) is 1.06. The number of carbonyl (C=O) groups excluding carboxylic acids is 1. The van der Waals surface area contributed by atoms with Crippen molar-refractivity contribution in [3.63, 3.8) is 0 Å². The van der Waals surface area contributed by atoms with Gasteiger partial charge in [0.1, 0.15) is 23.2 Å². The van der Waals surface area contributed by atoms with Crippen molar-refractivity contribution < 1.29 is 13.9 Å². The van der Waals surface area contributed by atoms with Gasteiger partial charge in [0.05, 0.1) is 18.5 Å². The zero-order chi connectivity index (χ0) is 22.8. The molecular formula is C23H18FN5O3. The summed E-state index contributed by atoms with van der Waals surface area (Å²) in [7, 11) is 2.99. The zero-order valence-electron chi connectivity index (χ0n) is 17.4. The van der Waals surface area contributed by atoms with Gasteiger partial charge < -0.3 is 4.74 Å². The number of nitriles is 1. The molecule has 8 nitrogen and oxygen atoms in total. The normalized spacial score (nSPS) is 13.5. The molecule has 0 N–H and O–H groups in total. The van der Waals surface area contributed by atoms with Gasteiger partial charge in [-0.3, -0.25) is 14.2 Å². The van der Waals surface area contributed by atoms with E-state index in [9.17, 15) is 19.2 Å². The Hall–Kier alpha value is -4.32. The molecule has 0 fully saturated rings. The molecule has 1 amide bonds. The topological polar surface area (TPSA) is 101 Å². The maximum absolute atomic E-state index is 13.4. The highest BCUT2D eigenvalue weighted by molar-refractivity contribution is 6.08. The van der Waals surface area contributed by atoms with Crippen LogP contribution >= 0.6 is 0 Å². The van der Waals surface area contributed by atoms with Gasteiger partial charge in [-0.1, -0.05) is 0 Å². The molecule has 2 aromatic carbocycles. The van der Waals surface area contributed by atoms with Gasteiger partial charge in [-0.2, -0.15) is 15.4 Å². The first-order chi connectivity index (χ1) is 15.4. The lowest BCUT2D eigenvalue weighted by Gasteiger charge is -2.24. The molecule has 0 atom stereocenters. The summed E-state index contributed by atoms with van der Waals surface area (Å²) >= 11 is 0. The van der Waals surface area contributed by atoms with Gasteiger partial charge in [-0.25, -0.2) is 9.37 Å². The minimum Gasteiger partial charge on any atom is -0.497 e. The van der Waals surface area contributed by atoms with Crippen LogP contribution in [0.1, 0.15) is 24.0 Å². The van der Waals surface area contributed by atoms with Gasteiger partial charge in [0.2, 0.25) is 11.9 Å². The first kappa shape index (κ1) is 20.9. The van der Waals surface area contributed by atoms with Crippen molar-refractivity contribution in [2.75, 3.05) is 12.1 Å². The second-order valence-corrected chi connectivity index (χ2v) is 7.10. The molecule has 0 aliphatic carbocycles. The third kappa shape index (κ3) is 3.74. The van der Waals surface area contributed by atoms with Gasteiger partial charge >= 0.3 is 0 Å². The van der Waals surface area contributed by atoms with E-state index in [0.29, 0.717) is 23.4 Å². The molecule has 4 rings (SSSR count). The van der Waals surface area contributed by atoms with Crippen LogP contribution in [0.4, 0.5) is 10.3 Å². The van der Waals surface area contributed by atoms with E-state index >= 15 is 0 Å². The van der Waals surface area contributed by atoms with E-state index in [2.05, 4.69) is 10.1 Å². The average molecular weight is 431 g/mol. The summed E-state index contributed by atoms with van der Waals surface area (Å²) in [6.07, 6.45) is 0.601. The van der Waals surface area contributed by atoms with Crippen LogP contribution in [0, 0.1) is 17.1 Å². The fourth-order valence-corrected chi connectivity index (χ4v) is 3.40. The second kappa shape index (κ2) is 8.43. The number of aromatic nitrogens is 2. The summed E-state index contributed by atoms with van der Waals surface area (Å²) < 4.78 is 19.7. The van der Waals surface area contributed by atoms with E-state index in [4.69, 9.17) is 4.74 Å². The van der Waals surface area contributed by atoms with Crippen LogP contribution in [0.25, 0.3) is 11.3 Å². The summed E-state index contributed by atoms with van der Waals surface area (Å²) in [5, 5.41) is 15.1. The van der Waals surface area contributed by atoms with Gasteiger partial charge in [0.15, 0.2) is 0 Å². The van der Waals surface area contributed by atoms with E-state index in [-0.39, 0.29) is 29.5 Å². The van der Waals surface area contributed by atoms with Crippen LogP contribution in [0.2, 0.25) is 0 Å². The number of nitrogens with zero attached hydrogens (tertiary/aromatic N) is 5. The highest BCUT2D eigenvalue weighted by atomic mass is 19.1. The van der Waals surface area contributed by atoms with E-state index in [1.165, 1.54) is 31.3 Å². The maximum Gasteiger partial charge on any atom is 0.273 e. The summed E-state index contributed by atoms with van der Waals surface area (Å²) in [5.74, 6) is -0.127. The SMILES string of the molecule is COc1ccc(C2=NN(c3nc(-c4ccc(F)cc4)c(C#N)c(=O)n3C)C(=O)CC2)cc1. The molecule has 9 heteroatoms. The molecule has 1 aliphatic heterocycles. The van der Waals surface area contributed by atoms with Crippen molar-refractivity contribution in [3.05, 3.63) is 75.8 Å². The Morgan fingerprint density at radius 2 is 1.69 bits per heavy atom. The minimum atomic E-state index is -0.628. The molecule has 1 aliphatic rings. The molecule has 0 saturated carbocycles. The minimum absolute atomic E-state index is 0.0240. The fraction of sp³-hybridized carbons (Fsp3) is 0.174. The van der Waals surface area contributed by atoms with Crippen LogP contribution < -0.4 is 15.3 Å². The molecule has 0 radical (unpaired) electrons. The molecule has 0 unspecified atom stereocenters. The van der Waals surface area contributed by atoms with Gasteiger partial charge in [-0.05, 0) is 54.1 Å². The van der Waals surface area contributed by atoms with E-state index in [0.717, 1.165) is 15.1 Å².